The fourth-order valence-electron chi connectivity index (χ4n) is 2.25. The predicted octanol–water partition coefficient (Wildman–Crippen LogP) is 2.80. The molecule has 0 spiro atoms. The van der Waals surface area contributed by atoms with Crippen LogP contribution in [0.5, 0.6) is 0 Å². The number of esters is 1. The minimum atomic E-state index is -1.31. The Morgan fingerprint density at radius 2 is 1.94 bits per heavy atom. The molecule has 17 heavy (non-hydrogen) atoms. The van der Waals surface area contributed by atoms with Crippen LogP contribution in [0.1, 0.15) is 18.4 Å². The van der Waals surface area contributed by atoms with Gasteiger partial charge in [0.05, 0.1) is 0 Å². The highest BCUT2D eigenvalue weighted by Crippen LogP contribution is 2.49. The van der Waals surface area contributed by atoms with Gasteiger partial charge in [-0.3, -0.25) is 0 Å². The van der Waals surface area contributed by atoms with E-state index >= 15 is 0 Å². The number of halogens is 2. The summed E-state index contributed by atoms with van der Waals surface area (Å²) in [6.45, 7) is 0. The number of alkyl halides is 1. The van der Waals surface area contributed by atoms with Gasteiger partial charge in [0.15, 0.2) is 10.8 Å². The van der Waals surface area contributed by atoms with E-state index in [1.165, 1.54) is 0 Å². The fraction of sp³-hybridized carbons (Fsp3) is 0.333. The number of aliphatic imine (C=N–C) groups is 1. The summed E-state index contributed by atoms with van der Waals surface area (Å²) in [7, 11) is 0. The van der Waals surface area contributed by atoms with Crippen LogP contribution in [-0.4, -0.2) is 16.1 Å². The summed E-state index contributed by atoms with van der Waals surface area (Å²) in [5.41, 5.74) is -0.100. The molecule has 1 aromatic rings. The Morgan fingerprint density at radius 3 is 2.53 bits per heavy atom. The minimum Gasteiger partial charge on any atom is -0.444 e. The zero-order chi connectivity index (χ0) is 12.1. The third-order valence-electron chi connectivity index (χ3n) is 3.24. The molecular formula is C12H9Cl2NO2. The lowest BCUT2D eigenvalue weighted by Crippen LogP contribution is -2.55. The zero-order valence-electron chi connectivity index (χ0n) is 8.82. The van der Waals surface area contributed by atoms with E-state index in [2.05, 4.69) is 4.99 Å². The monoisotopic (exact) mass is 269 g/mol. The average Bonchev–Trinajstić information content (AvgIpc) is 2.33. The summed E-state index contributed by atoms with van der Waals surface area (Å²) in [5, 5.41) is 0.254. The van der Waals surface area contributed by atoms with Crippen LogP contribution in [0.3, 0.4) is 0 Å². The van der Waals surface area contributed by atoms with E-state index in [-0.39, 0.29) is 5.17 Å². The Bertz CT molecular complexity index is 516. The highest BCUT2D eigenvalue weighted by atomic mass is 35.5. The number of ether oxygens (including phenoxy) is 1. The second-order valence-electron chi connectivity index (χ2n) is 4.24. The summed E-state index contributed by atoms with van der Waals surface area (Å²) in [6.07, 6.45) is 1.01. The van der Waals surface area contributed by atoms with E-state index in [1.54, 1.807) is 0 Å². The van der Waals surface area contributed by atoms with Crippen molar-refractivity contribution in [1.29, 1.82) is 0 Å². The predicted molar refractivity (Wildman–Crippen MR) is 65.3 cm³/mol. The summed E-state index contributed by atoms with van der Waals surface area (Å²) in [4.78, 5) is 14.6. The highest BCUT2D eigenvalue weighted by Gasteiger charge is 2.58. The van der Waals surface area contributed by atoms with Crippen molar-refractivity contribution in [2.75, 3.05) is 0 Å². The first-order valence-electron chi connectivity index (χ1n) is 5.31. The average molecular weight is 270 g/mol. The van der Waals surface area contributed by atoms with Crippen molar-refractivity contribution >= 4 is 34.3 Å². The van der Waals surface area contributed by atoms with E-state index < -0.39 is 16.6 Å². The van der Waals surface area contributed by atoms with Crippen LogP contribution in [0.15, 0.2) is 35.3 Å². The molecule has 1 aromatic carbocycles. The number of hydrogen-bond donors (Lipinski definition) is 0. The Morgan fingerprint density at radius 1 is 1.24 bits per heavy atom. The first kappa shape index (κ1) is 11.1. The number of rotatable bonds is 1. The van der Waals surface area contributed by atoms with Crippen LogP contribution in [-0.2, 0) is 15.1 Å². The van der Waals surface area contributed by atoms with E-state index in [0.29, 0.717) is 12.8 Å². The van der Waals surface area contributed by atoms with Crippen molar-refractivity contribution in [3.8, 4) is 0 Å². The van der Waals surface area contributed by atoms with E-state index in [9.17, 15) is 4.79 Å². The van der Waals surface area contributed by atoms with Gasteiger partial charge in [0.2, 0.25) is 5.00 Å². The molecule has 2 bridgehead atoms. The van der Waals surface area contributed by atoms with Crippen LogP contribution in [0.4, 0.5) is 0 Å². The molecule has 0 aliphatic carbocycles. The third kappa shape index (κ3) is 1.42. The lowest BCUT2D eigenvalue weighted by Gasteiger charge is -2.45. The second kappa shape index (κ2) is 3.47. The van der Waals surface area contributed by atoms with Gasteiger partial charge in [-0.05, 0) is 0 Å². The molecular weight excluding hydrogens is 261 g/mol. The molecule has 0 radical (unpaired) electrons. The quantitative estimate of drug-likeness (QED) is 0.447. The van der Waals surface area contributed by atoms with Crippen LogP contribution in [0.25, 0.3) is 0 Å². The van der Waals surface area contributed by atoms with Gasteiger partial charge in [-0.25, -0.2) is 9.79 Å². The lowest BCUT2D eigenvalue weighted by atomic mass is 9.83. The Labute approximate surface area is 108 Å². The second-order valence-corrected chi connectivity index (χ2v) is 5.23. The van der Waals surface area contributed by atoms with Crippen molar-refractivity contribution in [2.24, 2.45) is 4.99 Å². The molecule has 5 heteroatoms. The minimum absolute atomic E-state index is 0.254. The molecule has 0 saturated carbocycles. The molecule has 3 aliphatic rings. The number of carbonyl (C=O) groups excluding carboxylic acids is 1. The lowest BCUT2D eigenvalue weighted by molar-refractivity contribution is -0.167. The van der Waals surface area contributed by atoms with Crippen molar-refractivity contribution in [3.63, 3.8) is 0 Å². The standard InChI is InChI=1S/C12H9Cl2NO2/c13-9-11(8-4-2-1-3-5-8)6-7-12(14,15-9)10(16)17-11/h1-5H,6-7H2/t11-,12+/m0/s1. The number of benzene rings is 1. The third-order valence-corrected chi connectivity index (χ3v) is 4.05. The van der Waals surface area contributed by atoms with E-state index in [0.717, 1.165) is 5.56 Å². The Balaban J connectivity index is 2.16. The SMILES string of the molecule is O=C1O[C@]2(c3ccccc3)CC[C@@]1(Cl)N=C2Cl. The molecule has 2 atom stereocenters. The van der Waals surface area contributed by atoms with Crippen LogP contribution >= 0.6 is 23.2 Å². The van der Waals surface area contributed by atoms with E-state index in [4.69, 9.17) is 27.9 Å². The van der Waals surface area contributed by atoms with Gasteiger partial charge in [0, 0.05) is 18.4 Å². The van der Waals surface area contributed by atoms with Gasteiger partial charge in [-0.1, -0.05) is 53.5 Å². The van der Waals surface area contributed by atoms with E-state index in [1.807, 2.05) is 30.3 Å². The normalized spacial score (nSPS) is 35.4. The van der Waals surface area contributed by atoms with Gasteiger partial charge in [0.25, 0.3) is 0 Å². The summed E-state index contributed by atoms with van der Waals surface area (Å²) >= 11 is 12.2. The first-order chi connectivity index (χ1) is 8.07. The Hall–Kier alpha value is -1.06. The summed E-state index contributed by atoms with van der Waals surface area (Å²) in [5.74, 6) is -0.515. The largest absolute Gasteiger partial charge is 0.444 e. The molecule has 0 amide bonds. The maximum Gasteiger partial charge on any atom is 0.350 e. The highest BCUT2D eigenvalue weighted by molar-refractivity contribution is 6.68. The molecule has 0 N–H and O–H groups in total. The topological polar surface area (TPSA) is 38.7 Å². The maximum absolute atomic E-state index is 11.8. The van der Waals surface area contributed by atoms with Crippen molar-refractivity contribution in [2.45, 2.75) is 23.4 Å². The Kier molecular flexibility index (Phi) is 2.25. The molecule has 3 nitrogen and oxygen atoms in total. The van der Waals surface area contributed by atoms with Gasteiger partial charge in [0.1, 0.15) is 0 Å². The molecule has 0 aromatic heterocycles. The summed E-state index contributed by atoms with van der Waals surface area (Å²) in [6, 6.07) is 9.39. The van der Waals surface area contributed by atoms with Crippen molar-refractivity contribution < 1.29 is 9.53 Å². The number of nitrogens with zero attached hydrogens (tertiary/aromatic N) is 1. The fourth-order valence-corrected chi connectivity index (χ4v) is 2.90. The molecule has 3 aliphatic heterocycles. The van der Waals surface area contributed by atoms with Crippen molar-refractivity contribution in [3.05, 3.63) is 35.9 Å². The molecule has 3 heterocycles. The summed E-state index contributed by atoms with van der Waals surface area (Å²) < 4.78 is 5.44. The number of fused-ring (bicyclic) bond motifs is 2. The molecule has 1 saturated heterocycles. The van der Waals surface area contributed by atoms with Gasteiger partial charge in [-0.2, -0.15) is 0 Å². The van der Waals surface area contributed by atoms with Crippen LogP contribution < -0.4 is 0 Å². The maximum atomic E-state index is 11.8. The van der Waals surface area contributed by atoms with Gasteiger partial charge >= 0.3 is 5.97 Å². The number of hydrogen-bond acceptors (Lipinski definition) is 3. The van der Waals surface area contributed by atoms with Crippen LogP contribution in [0, 0.1) is 0 Å². The first-order valence-corrected chi connectivity index (χ1v) is 6.06. The van der Waals surface area contributed by atoms with Gasteiger partial charge in [-0.15, -0.1) is 0 Å². The molecule has 0 unspecified atom stereocenters. The molecule has 1 fully saturated rings. The van der Waals surface area contributed by atoms with Crippen molar-refractivity contribution in [1.82, 2.24) is 0 Å². The van der Waals surface area contributed by atoms with Crippen LogP contribution in [0.2, 0.25) is 0 Å². The number of carbonyl (C=O) groups is 1. The zero-order valence-corrected chi connectivity index (χ0v) is 10.3. The molecule has 88 valence electrons. The smallest absolute Gasteiger partial charge is 0.350 e. The van der Waals surface area contributed by atoms with Gasteiger partial charge < -0.3 is 4.74 Å². The molecule has 4 rings (SSSR count).